The molecule has 0 aromatic carbocycles. The van der Waals surface area contributed by atoms with Gasteiger partial charge in [-0.2, -0.15) is 0 Å². The Morgan fingerprint density at radius 2 is 0.470 bits per heavy atom. The minimum atomic E-state index is -0.805. The molecule has 0 aliphatic rings. The second-order valence-electron chi connectivity index (χ2n) is 22.3. The third-order valence-corrected chi connectivity index (χ3v) is 14.3. The van der Waals surface area contributed by atoms with E-state index in [1.165, 1.54) is 109 Å². The van der Waals surface area contributed by atoms with Gasteiger partial charge in [-0.15, -0.1) is 0 Å². The van der Waals surface area contributed by atoms with Gasteiger partial charge in [0.05, 0.1) is 0 Å². The molecule has 0 saturated heterocycles. The summed E-state index contributed by atoms with van der Waals surface area (Å²) in [5, 5.41) is 0. The Labute approximate surface area is 512 Å². The first-order valence-corrected chi connectivity index (χ1v) is 34.3. The molecule has 0 aromatic rings. The van der Waals surface area contributed by atoms with Crippen LogP contribution in [0.3, 0.4) is 0 Å². The molecule has 470 valence electrons. The number of carbonyl (C=O) groups is 3. The Morgan fingerprint density at radius 3 is 0.747 bits per heavy atom. The van der Waals surface area contributed by atoms with Gasteiger partial charge in [0.2, 0.25) is 0 Å². The van der Waals surface area contributed by atoms with Crippen molar-refractivity contribution in [1.29, 1.82) is 0 Å². The molecule has 0 spiro atoms. The third-order valence-electron chi connectivity index (χ3n) is 14.3. The fourth-order valence-electron chi connectivity index (χ4n) is 9.23. The smallest absolute Gasteiger partial charge is 0.306 e. The van der Waals surface area contributed by atoms with Crippen molar-refractivity contribution in [1.82, 2.24) is 0 Å². The normalized spacial score (nSPS) is 13.0. The predicted octanol–water partition coefficient (Wildman–Crippen LogP) is 23.9. The molecule has 0 amide bonds. The second-order valence-corrected chi connectivity index (χ2v) is 22.3. The summed E-state index contributed by atoms with van der Waals surface area (Å²) in [6.07, 6.45) is 99.9. The van der Waals surface area contributed by atoms with E-state index in [4.69, 9.17) is 14.2 Å². The zero-order chi connectivity index (χ0) is 59.9. The summed E-state index contributed by atoms with van der Waals surface area (Å²) in [7, 11) is 0. The first-order valence-electron chi connectivity index (χ1n) is 34.3. The van der Waals surface area contributed by atoms with E-state index in [2.05, 4.69) is 167 Å². The first kappa shape index (κ1) is 78.3. The van der Waals surface area contributed by atoms with E-state index < -0.39 is 6.10 Å². The van der Waals surface area contributed by atoms with E-state index in [1.54, 1.807) is 0 Å². The van der Waals surface area contributed by atoms with Crippen molar-refractivity contribution in [3.63, 3.8) is 0 Å². The molecule has 0 fully saturated rings. The summed E-state index contributed by atoms with van der Waals surface area (Å²) >= 11 is 0. The maximum Gasteiger partial charge on any atom is 0.306 e. The number of unbranched alkanes of at least 4 members (excludes halogenated alkanes) is 26. The number of hydrogen-bond donors (Lipinski definition) is 0. The molecule has 0 rings (SSSR count). The van der Waals surface area contributed by atoms with Crippen molar-refractivity contribution < 1.29 is 28.6 Å². The molecule has 1 unspecified atom stereocenters. The Balaban J connectivity index is 4.49. The third kappa shape index (κ3) is 68.0. The van der Waals surface area contributed by atoms with Crippen molar-refractivity contribution in [3.05, 3.63) is 146 Å². The Hall–Kier alpha value is -4.71. The van der Waals surface area contributed by atoms with Crippen molar-refractivity contribution in [2.75, 3.05) is 13.2 Å². The lowest BCUT2D eigenvalue weighted by molar-refractivity contribution is -0.167. The van der Waals surface area contributed by atoms with E-state index in [1.807, 2.05) is 0 Å². The fourth-order valence-corrected chi connectivity index (χ4v) is 9.23. The zero-order valence-electron chi connectivity index (χ0n) is 53.9. The molecule has 1 atom stereocenters. The summed E-state index contributed by atoms with van der Waals surface area (Å²) in [6.45, 7) is 6.40. The molecule has 0 aromatic heterocycles. The Bertz CT molecular complexity index is 1800. The molecule has 0 aliphatic heterocycles. The first-order chi connectivity index (χ1) is 41.0. The van der Waals surface area contributed by atoms with Gasteiger partial charge in [0.15, 0.2) is 6.10 Å². The van der Waals surface area contributed by atoms with E-state index in [-0.39, 0.29) is 31.1 Å². The van der Waals surface area contributed by atoms with Crippen molar-refractivity contribution in [2.24, 2.45) is 0 Å². The molecule has 6 heteroatoms. The van der Waals surface area contributed by atoms with Crippen LogP contribution in [0.2, 0.25) is 0 Å². The molecule has 6 nitrogen and oxygen atoms in total. The van der Waals surface area contributed by atoms with Crippen molar-refractivity contribution in [2.45, 2.75) is 309 Å². The molecule has 83 heavy (non-hydrogen) atoms. The van der Waals surface area contributed by atoms with Gasteiger partial charge in [-0.25, -0.2) is 0 Å². The van der Waals surface area contributed by atoms with Gasteiger partial charge in [-0.1, -0.05) is 289 Å². The van der Waals surface area contributed by atoms with E-state index in [9.17, 15) is 14.4 Å². The number of esters is 3. The number of rotatable bonds is 61. The monoisotopic (exact) mass is 1150 g/mol. The maximum atomic E-state index is 13.0. The largest absolute Gasteiger partial charge is 0.462 e. The van der Waals surface area contributed by atoms with Gasteiger partial charge < -0.3 is 14.2 Å². The topological polar surface area (TPSA) is 78.9 Å². The van der Waals surface area contributed by atoms with Crippen LogP contribution in [0.5, 0.6) is 0 Å². The van der Waals surface area contributed by atoms with Crippen LogP contribution in [0.1, 0.15) is 303 Å². The van der Waals surface area contributed by atoms with Crippen LogP contribution < -0.4 is 0 Å². The molecule has 0 heterocycles. The van der Waals surface area contributed by atoms with Gasteiger partial charge in [-0.05, 0) is 141 Å². The van der Waals surface area contributed by atoms with E-state index in [0.717, 1.165) is 154 Å². The highest BCUT2D eigenvalue weighted by atomic mass is 16.6. The van der Waals surface area contributed by atoms with Crippen LogP contribution in [-0.2, 0) is 28.6 Å². The lowest BCUT2D eigenvalue weighted by Crippen LogP contribution is -2.30. The molecular weight excluding hydrogens is 1020 g/mol. The molecular formula is C77H126O6. The van der Waals surface area contributed by atoms with Gasteiger partial charge in [0.1, 0.15) is 13.2 Å². The molecule has 0 N–H and O–H groups in total. The fraction of sp³-hybridized carbons (Fsp3) is 0.649. The average molecular weight is 1150 g/mol. The lowest BCUT2D eigenvalue weighted by atomic mass is 10.1. The SMILES string of the molecule is CC/C=C\C/C=C\C/C=C\C/C=C\C/C=C\C/C=C\CCCCCCC(=O)OCC(COC(=O)CCCCCCCCCCC/C=C\CCCCCCCC)OC(=O)CCCCCCCCC/C=C\C/C=C\C/C=C\C/C=C\C/C=C\CC. The highest BCUT2D eigenvalue weighted by Gasteiger charge is 2.19. The van der Waals surface area contributed by atoms with Gasteiger partial charge in [0.25, 0.3) is 0 Å². The Morgan fingerprint density at radius 1 is 0.253 bits per heavy atom. The van der Waals surface area contributed by atoms with Crippen LogP contribution in [-0.4, -0.2) is 37.2 Å². The summed E-state index contributed by atoms with van der Waals surface area (Å²) in [4.78, 5) is 38.5. The number of hydrogen-bond acceptors (Lipinski definition) is 6. The molecule has 0 radical (unpaired) electrons. The van der Waals surface area contributed by atoms with Crippen LogP contribution >= 0.6 is 0 Å². The molecule has 0 saturated carbocycles. The maximum absolute atomic E-state index is 13.0. The van der Waals surface area contributed by atoms with Gasteiger partial charge in [0, 0.05) is 19.3 Å². The summed E-state index contributed by atoms with van der Waals surface area (Å²) < 4.78 is 17.0. The van der Waals surface area contributed by atoms with Crippen LogP contribution in [0.4, 0.5) is 0 Å². The minimum absolute atomic E-state index is 0.0962. The average Bonchev–Trinajstić information content (AvgIpc) is 3.49. The second kappa shape index (κ2) is 69.8. The van der Waals surface area contributed by atoms with Crippen molar-refractivity contribution in [3.8, 4) is 0 Å². The Kier molecular flexibility index (Phi) is 65.8. The van der Waals surface area contributed by atoms with Crippen molar-refractivity contribution >= 4 is 17.9 Å². The number of ether oxygens (including phenoxy) is 3. The zero-order valence-corrected chi connectivity index (χ0v) is 53.9. The quantitative estimate of drug-likeness (QED) is 0.0261. The molecule has 0 aliphatic carbocycles. The highest BCUT2D eigenvalue weighted by Crippen LogP contribution is 2.15. The summed E-state index contributed by atoms with van der Waals surface area (Å²) in [6, 6.07) is 0. The molecule has 0 bridgehead atoms. The number of carbonyl (C=O) groups excluding carboxylic acids is 3. The summed E-state index contributed by atoms with van der Waals surface area (Å²) in [5.74, 6) is -0.930. The number of allylic oxidation sites excluding steroid dienone is 24. The van der Waals surface area contributed by atoms with Gasteiger partial charge in [-0.3, -0.25) is 14.4 Å². The van der Waals surface area contributed by atoms with E-state index >= 15 is 0 Å². The highest BCUT2D eigenvalue weighted by molar-refractivity contribution is 5.71. The predicted molar refractivity (Wildman–Crippen MR) is 362 cm³/mol. The van der Waals surface area contributed by atoms with Crippen LogP contribution in [0.15, 0.2) is 146 Å². The summed E-state index contributed by atoms with van der Waals surface area (Å²) in [5.41, 5.74) is 0. The van der Waals surface area contributed by atoms with Crippen LogP contribution in [0.25, 0.3) is 0 Å². The van der Waals surface area contributed by atoms with Crippen LogP contribution in [0, 0.1) is 0 Å². The minimum Gasteiger partial charge on any atom is -0.462 e. The van der Waals surface area contributed by atoms with Gasteiger partial charge >= 0.3 is 17.9 Å². The standard InChI is InChI=1S/C77H126O6/c1-4-7-10-13-16-19-22-25-28-31-34-36-38-40-43-46-49-52-55-58-61-64-67-70-76(79)82-73-74(72-81-75(78)69-66-63-60-57-54-51-48-45-42-33-30-27-24-21-18-15-12-9-6-3)83-77(80)71-68-65-62-59-56-53-50-47-44-41-39-37-35-32-29-26-23-20-17-14-11-8-5-2/h7-8,10-11,16-17,19-20,25-30,34-37,40-41,43-44,49,52,74H,4-6,9,12-15,18,21-24,31-33,38-39,42,45-48,50-51,53-73H2,1-3H3/b10-7-,11-8-,19-16-,20-17-,28-25-,29-26-,30-27-,36-34-,37-35-,43-40-,44-41-,52-49-. The van der Waals surface area contributed by atoms with E-state index in [0.29, 0.717) is 19.3 Å². The lowest BCUT2D eigenvalue weighted by Gasteiger charge is -2.18.